The van der Waals surface area contributed by atoms with Gasteiger partial charge in [0.05, 0.1) is 24.6 Å². The summed E-state index contributed by atoms with van der Waals surface area (Å²) >= 11 is 4.39. The average Bonchev–Trinajstić information content (AvgIpc) is 2.71. The fourth-order valence-corrected chi connectivity index (χ4v) is 1.89. The predicted octanol–water partition coefficient (Wildman–Crippen LogP) is 1.45. The molecule has 8 heteroatoms. The molecule has 0 saturated carbocycles. The Morgan fingerprint density at radius 1 is 1.33 bits per heavy atom. The number of rotatable bonds is 3. The molecule has 0 aromatic carbocycles. The highest BCUT2D eigenvalue weighted by molar-refractivity contribution is 7.80. The fraction of sp³-hybridized carbons (Fsp3) is 0.300. The first-order valence-electron chi connectivity index (χ1n) is 5.13. The minimum Gasteiger partial charge on any atom is -0.358 e. The lowest BCUT2D eigenvalue weighted by molar-refractivity contribution is -0.391. The summed E-state index contributed by atoms with van der Waals surface area (Å²) in [6.45, 7) is 1.83. The van der Waals surface area contributed by atoms with Gasteiger partial charge in [-0.25, -0.2) is 9.55 Å². The number of hydrogen-bond donors (Lipinski definition) is 1. The molecule has 94 valence electrons. The summed E-state index contributed by atoms with van der Waals surface area (Å²) in [5.41, 5.74) is 1.40. The smallest absolute Gasteiger partial charge is 0.342 e. The van der Waals surface area contributed by atoms with Gasteiger partial charge in [-0.3, -0.25) is 9.97 Å². The average molecular weight is 265 g/mol. The van der Waals surface area contributed by atoms with Crippen LogP contribution in [0.5, 0.6) is 0 Å². The summed E-state index contributed by atoms with van der Waals surface area (Å²) < 4.78 is 1.39. The lowest BCUT2D eigenvalue weighted by atomic mass is 10.3. The second-order valence-electron chi connectivity index (χ2n) is 3.78. The molecule has 2 heterocycles. The van der Waals surface area contributed by atoms with Crippen LogP contribution in [-0.2, 0) is 7.05 Å². The third kappa shape index (κ3) is 2.19. The molecular weight excluding hydrogens is 254 g/mol. The first-order chi connectivity index (χ1) is 8.50. The number of nitrogens with zero attached hydrogens (tertiary/aromatic N) is 5. The highest BCUT2D eigenvalue weighted by Gasteiger charge is 2.24. The molecule has 0 N–H and O–H groups in total. The first kappa shape index (κ1) is 12.5. The van der Waals surface area contributed by atoms with Crippen molar-refractivity contribution in [2.45, 2.75) is 12.2 Å². The minimum absolute atomic E-state index is 0.0795. The van der Waals surface area contributed by atoms with Crippen molar-refractivity contribution < 1.29 is 4.92 Å². The molecular formula is C10H11N5O2S. The van der Waals surface area contributed by atoms with E-state index in [1.165, 1.54) is 10.8 Å². The van der Waals surface area contributed by atoms with Gasteiger partial charge in [-0.2, -0.15) is 12.6 Å². The highest BCUT2D eigenvalue weighted by Crippen LogP contribution is 2.27. The Bertz CT molecular complexity index is 580. The van der Waals surface area contributed by atoms with Gasteiger partial charge in [0.25, 0.3) is 0 Å². The van der Waals surface area contributed by atoms with Crippen molar-refractivity contribution in [1.82, 2.24) is 19.5 Å². The van der Waals surface area contributed by atoms with Gasteiger partial charge >= 0.3 is 5.82 Å². The van der Waals surface area contributed by atoms with Crippen molar-refractivity contribution in [2.75, 3.05) is 0 Å². The Hall–Kier alpha value is -1.96. The molecule has 2 rings (SSSR count). The largest absolute Gasteiger partial charge is 0.358 e. The summed E-state index contributed by atoms with van der Waals surface area (Å²) in [5.74, 6) is 0.382. The SMILES string of the molecule is Cc1cnc(C(S)c2ncc([N+](=O)[O-])n2C)cn1. The fourth-order valence-electron chi connectivity index (χ4n) is 1.51. The monoisotopic (exact) mass is 265 g/mol. The molecule has 2 aromatic rings. The standard InChI is InChI=1S/C10H11N5O2S/c1-6-3-12-7(4-11-6)9(18)10-13-5-8(14(10)2)15(16)17/h3-5,9,18H,1-2H3. The van der Waals surface area contributed by atoms with Gasteiger partial charge in [-0.1, -0.05) is 0 Å². The van der Waals surface area contributed by atoms with E-state index >= 15 is 0 Å². The van der Waals surface area contributed by atoms with Crippen molar-refractivity contribution in [3.63, 3.8) is 0 Å². The van der Waals surface area contributed by atoms with Crippen LogP contribution in [-0.4, -0.2) is 24.4 Å². The van der Waals surface area contributed by atoms with E-state index in [4.69, 9.17) is 0 Å². The molecule has 0 bridgehead atoms. The molecule has 1 atom stereocenters. The molecule has 0 radical (unpaired) electrons. The van der Waals surface area contributed by atoms with Crippen LogP contribution < -0.4 is 0 Å². The van der Waals surface area contributed by atoms with Crippen molar-refractivity contribution >= 4 is 18.4 Å². The van der Waals surface area contributed by atoms with Crippen molar-refractivity contribution in [1.29, 1.82) is 0 Å². The molecule has 0 aliphatic rings. The van der Waals surface area contributed by atoms with Crippen LogP contribution in [0.4, 0.5) is 5.82 Å². The van der Waals surface area contributed by atoms with E-state index < -0.39 is 10.2 Å². The molecule has 0 fully saturated rings. The predicted molar refractivity (Wildman–Crippen MR) is 67.5 cm³/mol. The molecule has 0 aliphatic heterocycles. The van der Waals surface area contributed by atoms with Crippen molar-refractivity contribution in [3.8, 4) is 0 Å². The van der Waals surface area contributed by atoms with E-state index in [-0.39, 0.29) is 5.82 Å². The van der Waals surface area contributed by atoms with Crippen molar-refractivity contribution in [2.24, 2.45) is 7.05 Å². The Morgan fingerprint density at radius 3 is 2.56 bits per heavy atom. The molecule has 2 aromatic heterocycles. The lowest BCUT2D eigenvalue weighted by Gasteiger charge is -2.06. The van der Waals surface area contributed by atoms with Gasteiger partial charge in [0.2, 0.25) is 5.82 Å². The molecule has 0 spiro atoms. The number of imidazole rings is 1. The summed E-state index contributed by atoms with van der Waals surface area (Å²) in [6.07, 6.45) is 4.42. The summed E-state index contributed by atoms with van der Waals surface area (Å²) in [6, 6.07) is 0. The molecule has 1 unspecified atom stereocenters. The van der Waals surface area contributed by atoms with E-state index in [0.717, 1.165) is 5.69 Å². The Balaban J connectivity index is 2.37. The van der Waals surface area contributed by atoms with Gasteiger partial charge < -0.3 is 10.1 Å². The maximum Gasteiger partial charge on any atom is 0.342 e. The zero-order valence-corrected chi connectivity index (χ0v) is 10.7. The Labute approximate surface area is 108 Å². The van der Waals surface area contributed by atoms with E-state index in [1.54, 1.807) is 19.4 Å². The van der Waals surface area contributed by atoms with Crippen LogP contribution in [0.15, 0.2) is 18.6 Å². The van der Waals surface area contributed by atoms with E-state index in [2.05, 4.69) is 27.6 Å². The summed E-state index contributed by atoms with van der Waals surface area (Å²) in [5, 5.41) is 10.3. The summed E-state index contributed by atoms with van der Waals surface area (Å²) in [4.78, 5) is 22.6. The third-order valence-electron chi connectivity index (χ3n) is 2.51. The topological polar surface area (TPSA) is 86.7 Å². The molecule has 0 saturated heterocycles. The highest BCUT2D eigenvalue weighted by atomic mass is 32.1. The second-order valence-corrected chi connectivity index (χ2v) is 4.29. The lowest BCUT2D eigenvalue weighted by Crippen LogP contribution is -2.07. The van der Waals surface area contributed by atoms with Crippen LogP contribution in [0.25, 0.3) is 0 Å². The quantitative estimate of drug-likeness (QED) is 0.515. The van der Waals surface area contributed by atoms with Crippen LogP contribution in [0.1, 0.15) is 22.5 Å². The molecule has 7 nitrogen and oxygen atoms in total. The maximum atomic E-state index is 10.7. The van der Waals surface area contributed by atoms with Crippen LogP contribution in [0, 0.1) is 17.0 Å². The maximum absolute atomic E-state index is 10.7. The van der Waals surface area contributed by atoms with Gasteiger partial charge in [0.1, 0.15) is 11.4 Å². The third-order valence-corrected chi connectivity index (χ3v) is 3.01. The number of thiol groups is 1. The number of aryl methyl sites for hydroxylation is 1. The van der Waals surface area contributed by atoms with Crippen LogP contribution >= 0.6 is 12.6 Å². The Kier molecular flexibility index (Phi) is 3.28. The van der Waals surface area contributed by atoms with E-state index in [0.29, 0.717) is 11.5 Å². The second kappa shape index (κ2) is 4.73. The minimum atomic E-state index is -0.488. The van der Waals surface area contributed by atoms with Crippen molar-refractivity contribution in [3.05, 3.63) is 45.9 Å². The van der Waals surface area contributed by atoms with Gasteiger partial charge in [0, 0.05) is 6.20 Å². The van der Waals surface area contributed by atoms with Crippen LogP contribution in [0.2, 0.25) is 0 Å². The number of aromatic nitrogens is 4. The normalized spacial score (nSPS) is 12.4. The first-order valence-corrected chi connectivity index (χ1v) is 5.65. The molecule has 0 aliphatic carbocycles. The van der Waals surface area contributed by atoms with E-state index in [1.807, 2.05) is 6.92 Å². The van der Waals surface area contributed by atoms with E-state index in [9.17, 15) is 10.1 Å². The Morgan fingerprint density at radius 2 is 2.06 bits per heavy atom. The molecule has 18 heavy (non-hydrogen) atoms. The summed E-state index contributed by atoms with van der Waals surface area (Å²) in [7, 11) is 1.57. The van der Waals surface area contributed by atoms with Gasteiger partial charge in [-0.15, -0.1) is 0 Å². The van der Waals surface area contributed by atoms with Crippen LogP contribution in [0.3, 0.4) is 0 Å². The zero-order valence-electron chi connectivity index (χ0n) is 9.81. The molecule has 0 amide bonds. The number of nitro groups is 1. The van der Waals surface area contributed by atoms with Gasteiger partial charge in [0.15, 0.2) is 0 Å². The zero-order chi connectivity index (χ0) is 13.3. The van der Waals surface area contributed by atoms with Gasteiger partial charge in [-0.05, 0) is 11.8 Å². The number of hydrogen-bond acceptors (Lipinski definition) is 6.